The zero-order valence-electron chi connectivity index (χ0n) is 13.8. The Hall–Kier alpha value is -1.88. The van der Waals surface area contributed by atoms with Crippen molar-refractivity contribution in [1.29, 1.82) is 0 Å². The van der Waals surface area contributed by atoms with E-state index in [9.17, 15) is 0 Å². The molecule has 128 valence electrons. The first-order valence-electron chi connectivity index (χ1n) is 7.83. The maximum atomic E-state index is 6.22. The summed E-state index contributed by atoms with van der Waals surface area (Å²) in [5.74, 6) is 0.526. The predicted octanol–water partition coefficient (Wildman–Crippen LogP) is 6.69. The van der Waals surface area contributed by atoms with Crippen LogP contribution in [0.5, 0.6) is 0 Å². The Balaban J connectivity index is 1.67. The number of nitrogens with one attached hydrogen (secondary N) is 1. The van der Waals surface area contributed by atoms with E-state index in [4.69, 9.17) is 23.2 Å². The minimum absolute atomic E-state index is 0.526. The third-order valence-corrected chi connectivity index (χ3v) is 4.98. The molecule has 1 aromatic heterocycles. The summed E-state index contributed by atoms with van der Waals surface area (Å²) >= 11 is 13.6. The van der Waals surface area contributed by atoms with Crippen molar-refractivity contribution in [2.45, 2.75) is 19.8 Å². The van der Waals surface area contributed by atoms with Crippen LogP contribution in [-0.2, 0) is 0 Å². The van der Waals surface area contributed by atoms with Crippen LogP contribution < -0.4 is 5.43 Å². The van der Waals surface area contributed by atoms with Crippen molar-refractivity contribution in [3.63, 3.8) is 0 Å². The molecular formula is C19H17Cl2N3S. The zero-order valence-corrected chi connectivity index (χ0v) is 16.2. The lowest BCUT2D eigenvalue weighted by molar-refractivity contribution is 0.866. The number of nitrogens with zero attached hydrogens (tertiary/aromatic N) is 2. The van der Waals surface area contributed by atoms with Crippen LogP contribution in [0.3, 0.4) is 0 Å². The topological polar surface area (TPSA) is 37.3 Å². The second-order valence-electron chi connectivity index (χ2n) is 5.85. The fourth-order valence-corrected chi connectivity index (χ4v) is 3.44. The Morgan fingerprint density at radius 2 is 1.88 bits per heavy atom. The van der Waals surface area contributed by atoms with Crippen molar-refractivity contribution in [2.75, 3.05) is 5.43 Å². The molecule has 0 atom stereocenters. The summed E-state index contributed by atoms with van der Waals surface area (Å²) in [6, 6.07) is 13.7. The molecule has 0 saturated heterocycles. The van der Waals surface area contributed by atoms with Crippen LogP contribution in [0.25, 0.3) is 11.3 Å². The van der Waals surface area contributed by atoms with E-state index in [1.807, 2.05) is 11.4 Å². The number of rotatable bonds is 5. The van der Waals surface area contributed by atoms with E-state index in [0.29, 0.717) is 21.1 Å². The average Bonchev–Trinajstić information content (AvgIpc) is 3.04. The molecule has 0 bridgehead atoms. The number of hydrogen-bond acceptors (Lipinski definition) is 4. The molecule has 0 saturated carbocycles. The molecule has 1 N–H and O–H groups in total. The monoisotopic (exact) mass is 389 g/mol. The van der Waals surface area contributed by atoms with Gasteiger partial charge in [0.2, 0.25) is 5.13 Å². The van der Waals surface area contributed by atoms with Gasteiger partial charge in [-0.1, -0.05) is 61.3 Å². The van der Waals surface area contributed by atoms with Gasteiger partial charge in [0, 0.05) is 16.0 Å². The van der Waals surface area contributed by atoms with Crippen LogP contribution in [0.15, 0.2) is 52.9 Å². The van der Waals surface area contributed by atoms with Gasteiger partial charge in [-0.2, -0.15) is 5.10 Å². The van der Waals surface area contributed by atoms with Crippen LogP contribution in [-0.4, -0.2) is 11.2 Å². The minimum atomic E-state index is 0.526. The number of aromatic nitrogens is 1. The molecule has 3 nitrogen and oxygen atoms in total. The molecule has 3 aromatic rings. The Morgan fingerprint density at radius 1 is 1.12 bits per heavy atom. The van der Waals surface area contributed by atoms with Gasteiger partial charge in [0.25, 0.3) is 0 Å². The van der Waals surface area contributed by atoms with Gasteiger partial charge in [0.05, 0.1) is 16.9 Å². The molecule has 0 amide bonds. The van der Waals surface area contributed by atoms with Gasteiger partial charge in [0.1, 0.15) is 0 Å². The van der Waals surface area contributed by atoms with Crippen LogP contribution in [0.2, 0.25) is 10.0 Å². The van der Waals surface area contributed by atoms with Gasteiger partial charge in [-0.05, 0) is 35.2 Å². The van der Waals surface area contributed by atoms with Gasteiger partial charge in [-0.3, -0.25) is 5.43 Å². The van der Waals surface area contributed by atoms with Crippen LogP contribution >= 0.6 is 34.5 Å². The van der Waals surface area contributed by atoms with Crippen LogP contribution in [0, 0.1) is 0 Å². The summed E-state index contributed by atoms with van der Waals surface area (Å²) in [6.07, 6.45) is 1.78. The fourth-order valence-electron chi connectivity index (χ4n) is 2.28. The Morgan fingerprint density at radius 3 is 2.56 bits per heavy atom. The van der Waals surface area contributed by atoms with Crippen molar-refractivity contribution in [2.24, 2.45) is 5.10 Å². The maximum absolute atomic E-state index is 6.22. The summed E-state index contributed by atoms with van der Waals surface area (Å²) in [7, 11) is 0. The molecule has 1 heterocycles. The third-order valence-electron chi connectivity index (χ3n) is 3.69. The quantitative estimate of drug-likeness (QED) is 0.389. The molecule has 3 rings (SSSR count). The maximum Gasteiger partial charge on any atom is 0.203 e. The summed E-state index contributed by atoms with van der Waals surface area (Å²) in [5, 5.41) is 8.08. The van der Waals surface area contributed by atoms with Crippen molar-refractivity contribution < 1.29 is 0 Å². The lowest BCUT2D eigenvalue weighted by Crippen LogP contribution is -1.92. The van der Waals surface area contributed by atoms with Gasteiger partial charge in [0.15, 0.2) is 0 Å². The summed E-state index contributed by atoms with van der Waals surface area (Å²) in [4.78, 5) is 4.51. The Bertz CT molecular complexity index is 886. The number of halogens is 2. The molecule has 0 aliphatic rings. The second kappa shape index (κ2) is 8.00. The molecule has 0 unspecified atom stereocenters. The van der Waals surface area contributed by atoms with E-state index in [0.717, 1.165) is 16.8 Å². The highest BCUT2D eigenvalue weighted by atomic mass is 35.5. The molecule has 25 heavy (non-hydrogen) atoms. The first kappa shape index (κ1) is 17.9. The molecule has 0 aliphatic carbocycles. The molecule has 0 aliphatic heterocycles. The van der Waals surface area contributed by atoms with Gasteiger partial charge < -0.3 is 0 Å². The lowest BCUT2D eigenvalue weighted by atomic mass is 10.0. The second-order valence-corrected chi connectivity index (χ2v) is 7.56. The number of hydrazone groups is 1. The minimum Gasteiger partial charge on any atom is -0.253 e. The number of benzene rings is 2. The van der Waals surface area contributed by atoms with Crippen molar-refractivity contribution in [3.05, 3.63) is 69.0 Å². The van der Waals surface area contributed by atoms with Gasteiger partial charge in [-0.15, -0.1) is 11.3 Å². The van der Waals surface area contributed by atoms with Gasteiger partial charge >= 0.3 is 0 Å². The van der Waals surface area contributed by atoms with Gasteiger partial charge in [-0.25, -0.2) is 4.98 Å². The highest BCUT2D eigenvalue weighted by Gasteiger charge is 2.08. The van der Waals surface area contributed by atoms with E-state index in [1.165, 1.54) is 16.9 Å². The molecule has 2 aromatic carbocycles. The Labute approximate surface area is 161 Å². The number of hydrogen-bond donors (Lipinski definition) is 1. The van der Waals surface area contributed by atoms with Crippen molar-refractivity contribution >= 4 is 45.9 Å². The van der Waals surface area contributed by atoms with E-state index in [-0.39, 0.29) is 0 Å². The number of anilines is 1. The SMILES string of the molecule is CC(C)c1ccc(C=NNc2nc(-c3ccc(Cl)cc3Cl)cs2)cc1. The molecular weight excluding hydrogens is 373 g/mol. The first-order chi connectivity index (χ1) is 12.0. The molecule has 0 fully saturated rings. The Kier molecular flexibility index (Phi) is 5.74. The zero-order chi connectivity index (χ0) is 17.8. The summed E-state index contributed by atoms with van der Waals surface area (Å²) in [5.41, 5.74) is 6.96. The van der Waals surface area contributed by atoms with E-state index in [1.54, 1.807) is 18.3 Å². The van der Waals surface area contributed by atoms with Crippen molar-refractivity contribution in [1.82, 2.24) is 4.98 Å². The highest BCUT2D eigenvalue weighted by Crippen LogP contribution is 2.32. The van der Waals surface area contributed by atoms with E-state index in [2.05, 4.69) is 53.6 Å². The molecule has 0 radical (unpaired) electrons. The predicted molar refractivity (Wildman–Crippen MR) is 109 cm³/mol. The smallest absolute Gasteiger partial charge is 0.203 e. The standard InChI is InChI=1S/C19H17Cl2N3S/c1-12(2)14-5-3-13(4-6-14)10-22-24-19-23-18(11-25-19)16-8-7-15(20)9-17(16)21/h3-12H,1-2H3,(H,23,24). The van der Waals surface area contributed by atoms with E-state index < -0.39 is 0 Å². The normalized spacial score (nSPS) is 11.4. The molecule has 6 heteroatoms. The summed E-state index contributed by atoms with van der Waals surface area (Å²) in [6.45, 7) is 4.36. The van der Waals surface area contributed by atoms with Crippen LogP contribution in [0.4, 0.5) is 5.13 Å². The average molecular weight is 390 g/mol. The summed E-state index contributed by atoms with van der Waals surface area (Å²) < 4.78 is 0. The van der Waals surface area contributed by atoms with Crippen LogP contribution in [0.1, 0.15) is 30.9 Å². The molecule has 0 spiro atoms. The van der Waals surface area contributed by atoms with Crippen molar-refractivity contribution in [3.8, 4) is 11.3 Å². The third kappa shape index (κ3) is 4.60. The van der Waals surface area contributed by atoms with E-state index >= 15 is 0 Å². The number of thiazole rings is 1. The lowest BCUT2D eigenvalue weighted by Gasteiger charge is -2.04. The fraction of sp³-hybridized carbons (Fsp3) is 0.158. The highest BCUT2D eigenvalue weighted by molar-refractivity contribution is 7.14. The first-order valence-corrected chi connectivity index (χ1v) is 9.46. The largest absolute Gasteiger partial charge is 0.253 e.